The summed E-state index contributed by atoms with van der Waals surface area (Å²) in [6.07, 6.45) is 6.32. The summed E-state index contributed by atoms with van der Waals surface area (Å²) in [4.78, 5) is 17.3. The topological polar surface area (TPSA) is 75.6 Å². The maximum atomic E-state index is 12.3. The fraction of sp³-hybridized carbons (Fsp3) is 0.947. The van der Waals surface area contributed by atoms with Crippen molar-refractivity contribution in [3.05, 3.63) is 0 Å². The van der Waals surface area contributed by atoms with Crippen LogP contribution in [0.5, 0.6) is 0 Å². The molecule has 0 radical (unpaired) electrons. The van der Waals surface area contributed by atoms with Crippen LogP contribution in [0.15, 0.2) is 0 Å². The van der Waals surface area contributed by atoms with Gasteiger partial charge in [-0.25, -0.2) is 0 Å². The zero-order valence-electron chi connectivity index (χ0n) is 16.1. The Morgan fingerprint density at radius 2 is 1.96 bits per heavy atom. The van der Waals surface area contributed by atoms with Crippen LogP contribution in [0, 0.1) is 5.92 Å². The number of carbonyl (C=O) groups is 1. The van der Waals surface area contributed by atoms with E-state index < -0.39 is 5.54 Å². The Morgan fingerprint density at radius 3 is 2.50 bits per heavy atom. The van der Waals surface area contributed by atoms with Gasteiger partial charge in [-0.15, -0.1) is 0 Å². The first-order chi connectivity index (χ1) is 11.3. The minimum atomic E-state index is -0.400. The average Bonchev–Trinajstić information content (AvgIpc) is 2.72. The van der Waals surface area contributed by atoms with E-state index in [0.717, 1.165) is 38.8 Å². The van der Waals surface area contributed by atoms with Crippen LogP contribution in [-0.2, 0) is 4.79 Å². The van der Waals surface area contributed by atoms with Gasteiger partial charge < -0.3 is 11.5 Å². The lowest BCUT2D eigenvalue weighted by Crippen LogP contribution is -2.60. The van der Waals surface area contributed by atoms with Crippen LogP contribution in [0.4, 0.5) is 0 Å². The first-order valence-corrected chi connectivity index (χ1v) is 9.84. The summed E-state index contributed by atoms with van der Waals surface area (Å²) in [6.45, 7) is 11.8. The highest BCUT2D eigenvalue weighted by Crippen LogP contribution is 2.47. The molecule has 2 aliphatic rings. The average molecular weight is 339 g/mol. The molecule has 1 amide bonds. The minimum Gasteiger partial charge on any atom is -0.368 e. The van der Waals surface area contributed by atoms with Gasteiger partial charge in [0.05, 0.1) is 0 Å². The number of primary amides is 1. The second-order valence-electron chi connectivity index (χ2n) is 8.44. The number of fused-ring (bicyclic) bond motifs is 2. The van der Waals surface area contributed by atoms with E-state index in [1.165, 1.54) is 12.8 Å². The number of rotatable bonds is 9. The van der Waals surface area contributed by atoms with E-state index in [1.807, 2.05) is 0 Å². The van der Waals surface area contributed by atoms with Gasteiger partial charge in [0, 0.05) is 24.7 Å². The molecule has 3 atom stereocenters. The normalized spacial score (nSPS) is 30.7. The molecule has 0 aromatic carbocycles. The molecule has 2 fully saturated rings. The molecule has 4 N–H and O–H groups in total. The van der Waals surface area contributed by atoms with E-state index in [9.17, 15) is 4.79 Å². The monoisotopic (exact) mass is 338 g/mol. The lowest BCUT2D eigenvalue weighted by atomic mass is 9.79. The highest BCUT2D eigenvalue weighted by atomic mass is 16.1. The molecule has 2 bridgehead atoms. The van der Waals surface area contributed by atoms with Crippen LogP contribution in [-0.4, -0.2) is 59.0 Å². The maximum absolute atomic E-state index is 12.3. The molecular formula is C19H38N4O. The van der Waals surface area contributed by atoms with Crippen LogP contribution in [0.25, 0.3) is 0 Å². The molecule has 0 saturated carbocycles. The molecule has 0 spiro atoms. The summed E-state index contributed by atoms with van der Waals surface area (Å²) in [7, 11) is 0. The maximum Gasteiger partial charge on any atom is 0.237 e. The van der Waals surface area contributed by atoms with Crippen molar-refractivity contribution in [2.45, 2.75) is 89.9 Å². The second kappa shape index (κ2) is 8.15. The van der Waals surface area contributed by atoms with Gasteiger partial charge in [-0.2, -0.15) is 0 Å². The smallest absolute Gasteiger partial charge is 0.237 e. The van der Waals surface area contributed by atoms with E-state index in [2.05, 4.69) is 37.5 Å². The van der Waals surface area contributed by atoms with Gasteiger partial charge in [0.1, 0.15) is 5.54 Å². The largest absolute Gasteiger partial charge is 0.368 e. The summed E-state index contributed by atoms with van der Waals surface area (Å²) in [5, 5.41) is 0. The quantitative estimate of drug-likeness (QED) is 0.674. The summed E-state index contributed by atoms with van der Waals surface area (Å²) in [5.41, 5.74) is 11.2. The Balaban J connectivity index is 2.03. The molecule has 0 aliphatic carbocycles. The minimum absolute atomic E-state index is 0.115. The van der Waals surface area contributed by atoms with E-state index in [0.29, 0.717) is 30.6 Å². The molecule has 0 aromatic rings. The first-order valence-electron chi connectivity index (χ1n) is 9.84. The van der Waals surface area contributed by atoms with Crippen LogP contribution in [0.2, 0.25) is 0 Å². The van der Waals surface area contributed by atoms with E-state index in [-0.39, 0.29) is 5.91 Å². The molecule has 140 valence electrons. The Morgan fingerprint density at radius 1 is 1.29 bits per heavy atom. The van der Waals surface area contributed by atoms with Gasteiger partial charge in [-0.05, 0) is 85.2 Å². The first kappa shape index (κ1) is 19.7. The Hall–Kier alpha value is -0.650. The third kappa shape index (κ3) is 3.94. The SMILES string of the molecule is CC(C)N(CC[C@@H]1C[C@@H]2CC[C@](C(N)=O)(C1)N2CCCN)C(C)C. The lowest BCUT2D eigenvalue weighted by Gasteiger charge is -2.46. The number of piperidine rings is 1. The molecular weight excluding hydrogens is 300 g/mol. The third-order valence-corrected chi connectivity index (χ3v) is 6.30. The van der Waals surface area contributed by atoms with Gasteiger partial charge in [-0.3, -0.25) is 14.6 Å². The van der Waals surface area contributed by atoms with Crippen molar-refractivity contribution in [2.24, 2.45) is 17.4 Å². The van der Waals surface area contributed by atoms with Crippen LogP contribution in [0.1, 0.15) is 66.2 Å². The Kier molecular flexibility index (Phi) is 6.68. The lowest BCUT2D eigenvalue weighted by molar-refractivity contribution is -0.133. The number of carbonyl (C=O) groups excluding carboxylic acids is 1. The Bertz CT molecular complexity index is 418. The van der Waals surface area contributed by atoms with Gasteiger partial charge in [-0.1, -0.05) is 0 Å². The third-order valence-electron chi connectivity index (χ3n) is 6.30. The van der Waals surface area contributed by atoms with Crippen molar-refractivity contribution < 1.29 is 4.79 Å². The molecule has 24 heavy (non-hydrogen) atoms. The predicted octanol–water partition coefficient (Wildman–Crippen LogP) is 1.94. The molecule has 0 unspecified atom stereocenters. The number of hydrogen-bond acceptors (Lipinski definition) is 4. The molecule has 2 saturated heterocycles. The van der Waals surface area contributed by atoms with Crippen LogP contribution in [0.3, 0.4) is 0 Å². The highest BCUT2D eigenvalue weighted by molar-refractivity contribution is 5.85. The molecule has 2 rings (SSSR count). The molecule has 5 heteroatoms. The van der Waals surface area contributed by atoms with E-state index in [1.54, 1.807) is 0 Å². The highest BCUT2D eigenvalue weighted by Gasteiger charge is 2.54. The fourth-order valence-electron chi connectivity index (χ4n) is 5.15. The van der Waals surface area contributed by atoms with Crippen molar-refractivity contribution in [2.75, 3.05) is 19.6 Å². The number of amides is 1. The van der Waals surface area contributed by atoms with E-state index >= 15 is 0 Å². The summed E-state index contributed by atoms with van der Waals surface area (Å²) in [5.74, 6) is 0.496. The van der Waals surface area contributed by atoms with Crippen molar-refractivity contribution in [3.63, 3.8) is 0 Å². The molecule has 2 heterocycles. The number of nitrogens with two attached hydrogens (primary N) is 2. The Labute approximate surface area is 148 Å². The van der Waals surface area contributed by atoms with Crippen molar-refractivity contribution in [3.8, 4) is 0 Å². The predicted molar refractivity (Wildman–Crippen MR) is 99.6 cm³/mol. The van der Waals surface area contributed by atoms with Crippen molar-refractivity contribution >= 4 is 5.91 Å². The number of nitrogens with zero attached hydrogens (tertiary/aromatic N) is 2. The second-order valence-corrected chi connectivity index (χ2v) is 8.44. The van der Waals surface area contributed by atoms with Gasteiger partial charge in [0.2, 0.25) is 5.91 Å². The van der Waals surface area contributed by atoms with Gasteiger partial charge in [0.15, 0.2) is 0 Å². The number of hydrogen-bond donors (Lipinski definition) is 2. The van der Waals surface area contributed by atoms with Gasteiger partial charge in [0.25, 0.3) is 0 Å². The standard InChI is InChI=1S/C19H38N4O/c1-14(2)22(15(3)4)11-7-16-12-17-6-8-19(13-16,18(21)24)23(17)10-5-9-20/h14-17H,5-13,20H2,1-4H3,(H2,21,24)/t16-,17+,19-/m1/s1. The van der Waals surface area contributed by atoms with Gasteiger partial charge >= 0.3 is 0 Å². The van der Waals surface area contributed by atoms with Crippen molar-refractivity contribution in [1.82, 2.24) is 9.80 Å². The fourth-order valence-corrected chi connectivity index (χ4v) is 5.15. The zero-order valence-corrected chi connectivity index (χ0v) is 16.1. The molecule has 5 nitrogen and oxygen atoms in total. The molecule has 2 aliphatic heterocycles. The van der Waals surface area contributed by atoms with Crippen LogP contribution < -0.4 is 11.5 Å². The van der Waals surface area contributed by atoms with E-state index in [4.69, 9.17) is 11.5 Å². The summed E-state index contributed by atoms with van der Waals surface area (Å²) < 4.78 is 0. The van der Waals surface area contributed by atoms with Crippen molar-refractivity contribution in [1.29, 1.82) is 0 Å². The zero-order chi connectivity index (χ0) is 17.9. The van der Waals surface area contributed by atoms with Crippen LogP contribution >= 0.6 is 0 Å². The summed E-state index contributed by atoms with van der Waals surface area (Å²) >= 11 is 0. The molecule has 0 aromatic heterocycles. The summed E-state index contributed by atoms with van der Waals surface area (Å²) in [6, 6.07) is 1.65.